The summed E-state index contributed by atoms with van der Waals surface area (Å²) < 4.78 is 14.2. The molecule has 1 aliphatic carbocycles. The largest absolute Gasteiger partial charge is 0.490 e. The lowest BCUT2D eigenvalue weighted by atomic mass is 9.85. The van der Waals surface area contributed by atoms with Gasteiger partial charge in [-0.25, -0.2) is 9.79 Å². The summed E-state index contributed by atoms with van der Waals surface area (Å²) in [6, 6.07) is 16.2. The summed E-state index contributed by atoms with van der Waals surface area (Å²) in [4.78, 5) is 20.5. The van der Waals surface area contributed by atoms with Crippen LogP contribution in [0.1, 0.15) is 76.1 Å². The SMILES string of the molecule is CC(C)(C)C(N)=CC(=Nc1ccc(Cl)c(OCCO)c1)NC(=O)N[C@H]1CC[C@@H](Oc2ccc3nnc(N4CCCCC4)n3c2)c2ccccc21. The van der Waals surface area contributed by atoms with Crippen molar-refractivity contribution in [3.05, 3.63) is 88.7 Å². The van der Waals surface area contributed by atoms with Crippen molar-refractivity contribution >= 4 is 40.8 Å². The third-order valence-corrected chi connectivity index (χ3v) is 9.24. The molecule has 2 aromatic carbocycles. The van der Waals surface area contributed by atoms with E-state index in [4.69, 9.17) is 26.8 Å². The standard InChI is InChI=1S/C37H45ClN8O4/c1-37(2,3)32(39)22-33(40-24-11-13-28(38)31(21-24)49-20-19-47)42-35(48)41-29-14-15-30(27-10-6-5-9-26(27)29)50-25-12-16-34-43-44-36(46(34)23-25)45-17-7-4-8-18-45/h5-6,9-13,16,21-23,29-30,47H,4,7-8,14-15,17-20,39H2,1-3H3,(H2,40,41,42,48)/t29-,30+/m0/s1. The van der Waals surface area contributed by atoms with Crippen molar-refractivity contribution in [2.75, 3.05) is 31.2 Å². The van der Waals surface area contributed by atoms with E-state index in [1.807, 2.05) is 61.7 Å². The maximum absolute atomic E-state index is 13.6. The van der Waals surface area contributed by atoms with Gasteiger partial charge >= 0.3 is 6.03 Å². The second kappa shape index (κ2) is 15.4. The first-order valence-electron chi connectivity index (χ1n) is 17.1. The van der Waals surface area contributed by atoms with Crippen LogP contribution in [-0.2, 0) is 0 Å². The molecule has 1 aliphatic heterocycles. The minimum absolute atomic E-state index is 0.0863. The number of anilines is 1. The second-order valence-corrected chi connectivity index (χ2v) is 14.0. The number of aromatic nitrogens is 3. The number of hydrogen-bond acceptors (Lipinski definition) is 9. The summed E-state index contributed by atoms with van der Waals surface area (Å²) in [6.45, 7) is 7.82. The molecular formula is C37H45ClN8O4. The van der Waals surface area contributed by atoms with Crippen molar-refractivity contribution in [1.82, 2.24) is 25.2 Å². The number of piperidine rings is 1. The minimum Gasteiger partial charge on any atom is -0.490 e. The fraction of sp³-hybridized carbons (Fsp3) is 0.405. The zero-order valence-electron chi connectivity index (χ0n) is 28.7. The average molecular weight is 701 g/mol. The molecule has 1 saturated heterocycles. The molecule has 2 aromatic heterocycles. The molecular weight excluding hydrogens is 656 g/mol. The van der Waals surface area contributed by atoms with Crippen molar-refractivity contribution in [3.8, 4) is 11.5 Å². The number of amides is 2. The Morgan fingerprint density at radius 1 is 1.08 bits per heavy atom. The molecule has 4 aromatic rings. The van der Waals surface area contributed by atoms with E-state index in [1.165, 1.54) is 6.42 Å². The third kappa shape index (κ3) is 8.31. The van der Waals surface area contributed by atoms with Crippen molar-refractivity contribution in [2.24, 2.45) is 16.1 Å². The van der Waals surface area contributed by atoms with Gasteiger partial charge in [-0.05, 0) is 67.5 Å². The summed E-state index contributed by atoms with van der Waals surface area (Å²) in [7, 11) is 0. The molecule has 0 unspecified atom stereocenters. The van der Waals surface area contributed by atoms with Crippen molar-refractivity contribution in [1.29, 1.82) is 0 Å². The highest BCUT2D eigenvalue weighted by Crippen LogP contribution is 2.39. The molecule has 12 nitrogen and oxygen atoms in total. The van der Waals surface area contributed by atoms with E-state index in [1.54, 1.807) is 24.3 Å². The number of nitrogens with two attached hydrogens (primary N) is 1. The van der Waals surface area contributed by atoms with Crippen LogP contribution in [0.5, 0.6) is 11.5 Å². The van der Waals surface area contributed by atoms with Gasteiger partial charge in [0.15, 0.2) is 5.65 Å². The van der Waals surface area contributed by atoms with E-state index in [2.05, 4.69) is 36.8 Å². The highest BCUT2D eigenvalue weighted by molar-refractivity contribution is 6.32. The van der Waals surface area contributed by atoms with Crippen LogP contribution in [0, 0.1) is 5.41 Å². The lowest BCUT2D eigenvalue weighted by Gasteiger charge is -2.32. The maximum Gasteiger partial charge on any atom is 0.320 e. The van der Waals surface area contributed by atoms with E-state index >= 15 is 0 Å². The number of fused-ring (bicyclic) bond motifs is 2. The quantitative estimate of drug-likeness (QED) is 0.112. The topological polar surface area (TPSA) is 152 Å². The number of carbonyl (C=O) groups is 1. The van der Waals surface area contributed by atoms with Gasteiger partial charge < -0.3 is 30.5 Å². The summed E-state index contributed by atoms with van der Waals surface area (Å²) in [5.74, 6) is 2.20. The van der Waals surface area contributed by atoms with Crippen LogP contribution >= 0.6 is 11.6 Å². The fourth-order valence-electron chi connectivity index (χ4n) is 6.16. The number of benzene rings is 2. The average Bonchev–Trinajstić information content (AvgIpc) is 3.53. The Balaban J connectivity index is 1.19. The van der Waals surface area contributed by atoms with Crippen molar-refractivity contribution in [2.45, 2.75) is 65.0 Å². The van der Waals surface area contributed by atoms with E-state index in [0.29, 0.717) is 35.0 Å². The number of allylic oxidation sites excluding steroid dienone is 1. The molecule has 5 N–H and O–H groups in total. The monoisotopic (exact) mass is 700 g/mol. The molecule has 0 bridgehead atoms. The number of urea groups is 1. The van der Waals surface area contributed by atoms with Crippen molar-refractivity contribution in [3.63, 3.8) is 0 Å². The number of nitrogens with one attached hydrogen (secondary N) is 2. The molecule has 2 amide bonds. The number of pyridine rings is 1. The Kier molecular flexibility index (Phi) is 10.8. The van der Waals surface area contributed by atoms with Gasteiger partial charge in [0.25, 0.3) is 0 Å². The fourth-order valence-corrected chi connectivity index (χ4v) is 6.34. The third-order valence-electron chi connectivity index (χ3n) is 8.93. The predicted molar refractivity (Wildman–Crippen MR) is 195 cm³/mol. The van der Waals surface area contributed by atoms with Crippen LogP contribution in [0.2, 0.25) is 5.02 Å². The van der Waals surface area contributed by atoms with Crippen molar-refractivity contribution < 1.29 is 19.4 Å². The summed E-state index contributed by atoms with van der Waals surface area (Å²) in [5.41, 5.74) is 9.87. The molecule has 1 fully saturated rings. The van der Waals surface area contributed by atoms with Gasteiger partial charge in [0, 0.05) is 36.3 Å². The second-order valence-electron chi connectivity index (χ2n) is 13.6. The first-order chi connectivity index (χ1) is 24.1. The van der Waals surface area contributed by atoms with E-state index in [-0.39, 0.29) is 36.6 Å². The minimum atomic E-state index is -0.421. The summed E-state index contributed by atoms with van der Waals surface area (Å²) in [6.07, 6.45) is 8.33. The summed E-state index contributed by atoms with van der Waals surface area (Å²) >= 11 is 6.27. The number of ether oxygens (including phenoxy) is 2. The Labute approximate surface area is 297 Å². The van der Waals surface area contributed by atoms with Crippen LogP contribution in [0.15, 0.2) is 77.6 Å². The number of hydrogen-bond donors (Lipinski definition) is 4. The summed E-state index contributed by atoms with van der Waals surface area (Å²) in [5, 5.41) is 24.5. The van der Waals surface area contributed by atoms with Gasteiger partial charge in [0.1, 0.15) is 30.0 Å². The van der Waals surface area contributed by atoms with Crippen LogP contribution in [0.3, 0.4) is 0 Å². The molecule has 0 radical (unpaired) electrons. The molecule has 50 heavy (non-hydrogen) atoms. The Bertz CT molecular complexity index is 1880. The highest BCUT2D eigenvalue weighted by Gasteiger charge is 2.30. The number of nitrogens with zero attached hydrogens (tertiary/aromatic N) is 5. The lowest BCUT2D eigenvalue weighted by Crippen LogP contribution is -2.42. The molecule has 13 heteroatoms. The zero-order valence-corrected chi connectivity index (χ0v) is 29.5. The van der Waals surface area contributed by atoms with Crippen LogP contribution in [0.4, 0.5) is 16.4 Å². The lowest BCUT2D eigenvalue weighted by molar-refractivity contribution is 0.171. The van der Waals surface area contributed by atoms with Gasteiger partial charge in [-0.1, -0.05) is 56.6 Å². The maximum atomic E-state index is 13.6. The van der Waals surface area contributed by atoms with Crippen LogP contribution in [0.25, 0.3) is 5.65 Å². The molecule has 2 atom stereocenters. The number of carbonyl (C=O) groups excluding carboxylic acids is 1. The predicted octanol–water partition coefficient (Wildman–Crippen LogP) is 6.62. The number of halogens is 1. The van der Waals surface area contributed by atoms with E-state index in [9.17, 15) is 9.90 Å². The van der Waals surface area contributed by atoms with E-state index in [0.717, 1.165) is 54.4 Å². The highest BCUT2D eigenvalue weighted by atomic mass is 35.5. The molecule has 0 saturated carbocycles. The number of amidine groups is 1. The number of aliphatic hydroxyl groups excluding tert-OH is 1. The Morgan fingerprint density at radius 2 is 1.86 bits per heavy atom. The molecule has 264 valence electrons. The molecule has 2 aliphatic rings. The molecule has 3 heterocycles. The normalized spacial score (nSPS) is 18.5. The van der Waals surface area contributed by atoms with Gasteiger partial charge in [0.2, 0.25) is 5.95 Å². The first-order valence-corrected chi connectivity index (χ1v) is 17.5. The van der Waals surface area contributed by atoms with Gasteiger partial charge in [0.05, 0.1) is 29.6 Å². The first kappa shape index (κ1) is 35.0. The van der Waals surface area contributed by atoms with Crippen LogP contribution < -0.4 is 30.7 Å². The van der Waals surface area contributed by atoms with Gasteiger partial charge in [-0.3, -0.25) is 9.72 Å². The smallest absolute Gasteiger partial charge is 0.320 e. The van der Waals surface area contributed by atoms with Gasteiger partial charge in [-0.15, -0.1) is 10.2 Å². The zero-order chi connectivity index (χ0) is 35.3. The number of aliphatic imine (C=N–C) groups is 1. The molecule has 0 spiro atoms. The van der Waals surface area contributed by atoms with Crippen LogP contribution in [-0.4, -0.2) is 57.9 Å². The number of rotatable bonds is 9. The Morgan fingerprint density at radius 3 is 2.62 bits per heavy atom. The van der Waals surface area contributed by atoms with E-state index < -0.39 is 6.03 Å². The van der Waals surface area contributed by atoms with Gasteiger partial charge in [-0.2, -0.15) is 0 Å². The Hall–Kier alpha value is -4.81. The molecule has 6 rings (SSSR count). The number of aliphatic hydroxyl groups is 1.